The van der Waals surface area contributed by atoms with Gasteiger partial charge >= 0.3 is 0 Å². The van der Waals surface area contributed by atoms with E-state index in [-0.39, 0.29) is 0 Å². The summed E-state index contributed by atoms with van der Waals surface area (Å²) in [5.41, 5.74) is 1.69. The Morgan fingerprint density at radius 3 is 2.75 bits per heavy atom. The molecule has 0 heterocycles. The zero-order valence-electron chi connectivity index (χ0n) is 8.14. The Hall–Kier alpha value is -0.300. The highest BCUT2D eigenvalue weighted by Gasteiger charge is 2.03. The van der Waals surface area contributed by atoms with E-state index in [9.17, 15) is 0 Å². The summed E-state index contributed by atoms with van der Waals surface area (Å²) < 4.78 is 5.27. The molecule has 0 atom stereocenters. The summed E-state index contributed by atoms with van der Waals surface area (Å²) in [4.78, 5) is 0. The van der Waals surface area contributed by atoms with Crippen LogP contribution in [0.5, 0.6) is 0 Å². The second kappa shape index (κ2) is 6.24. The lowest BCUT2D eigenvalue weighted by Gasteiger charge is -2.13. The van der Waals surface area contributed by atoms with E-state index in [4.69, 9.17) is 4.74 Å². The Morgan fingerprint density at radius 1 is 1.33 bits per heavy atom. The van der Waals surface area contributed by atoms with Crippen molar-refractivity contribution in [2.24, 2.45) is 0 Å². The van der Waals surface area contributed by atoms with Crippen molar-refractivity contribution in [1.82, 2.24) is 0 Å². The van der Waals surface area contributed by atoms with Gasteiger partial charge in [-0.1, -0.05) is 18.1 Å². The Kier molecular flexibility index (Phi) is 5.09. The summed E-state index contributed by atoms with van der Waals surface area (Å²) in [5.74, 6) is 0. The Labute approximate surface area is 75.8 Å². The largest absolute Gasteiger partial charge is 0.382 e. The quantitative estimate of drug-likeness (QED) is 0.418. The SMILES string of the molecule is CCOCCCCCC1=CCC1. The molecular weight excluding hydrogens is 148 g/mol. The number of hydrogen-bond acceptors (Lipinski definition) is 1. The maximum Gasteiger partial charge on any atom is 0.0465 e. The van der Waals surface area contributed by atoms with E-state index in [1.807, 2.05) is 0 Å². The van der Waals surface area contributed by atoms with E-state index in [0.29, 0.717) is 0 Å². The molecule has 0 bridgehead atoms. The molecule has 0 saturated heterocycles. The molecular formula is C11H20O. The predicted octanol–water partition coefficient (Wildman–Crippen LogP) is 3.30. The molecule has 1 nitrogen and oxygen atoms in total. The lowest BCUT2D eigenvalue weighted by Crippen LogP contribution is -1.96. The van der Waals surface area contributed by atoms with Gasteiger partial charge in [0.25, 0.3) is 0 Å². The van der Waals surface area contributed by atoms with Gasteiger partial charge in [0.05, 0.1) is 0 Å². The van der Waals surface area contributed by atoms with Crippen molar-refractivity contribution in [1.29, 1.82) is 0 Å². The van der Waals surface area contributed by atoms with Crippen LogP contribution in [0.1, 0.15) is 45.4 Å². The molecule has 0 amide bonds. The van der Waals surface area contributed by atoms with Crippen LogP contribution in [-0.4, -0.2) is 13.2 Å². The topological polar surface area (TPSA) is 9.23 Å². The molecule has 0 spiro atoms. The molecule has 0 saturated carbocycles. The average molecular weight is 168 g/mol. The van der Waals surface area contributed by atoms with Crippen LogP contribution in [0.25, 0.3) is 0 Å². The van der Waals surface area contributed by atoms with Crippen molar-refractivity contribution in [2.45, 2.75) is 45.4 Å². The molecule has 1 aliphatic rings. The molecule has 0 aromatic heterocycles. The molecule has 12 heavy (non-hydrogen) atoms. The van der Waals surface area contributed by atoms with Crippen LogP contribution in [-0.2, 0) is 4.74 Å². The third-order valence-corrected chi connectivity index (χ3v) is 2.39. The van der Waals surface area contributed by atoms with E-state index in [2.05, 4.69) is 13.0 Å². The van der Waals surface area contributed by atoms with Gasteiger partial charge in [0.1, 0.15) is 0 Å². The number of unbranched alkanes of at least 4 members (excludes halogenated alkanes) is 2. The van der Waals surface area contributed by atoms with Gasteiger partial charge < -0.3 is 4.74 Å². The van der Waals surface area contributed by atoms with Gasteiger partial charge in [-0.25, -0.2) is 0 Å². The summed E-state index contributed by atoms with van der Waals surface area (Å²) in [6.45, 7) is 3.87. The fraction of sp³-hybridized carbons (Fsp3) is 0.818. The highest BCUT2D eigenvalue weighted by molar-refractivity contribution is 5.11. The summed E-state index contributed by atoms with van der Waals surface area (Å²) in [6, 6.07) is 0. The molecule has 70 valence electrons. The standard InChI is InChI=1S/C11H20O/c1-2-12-10-5-3-4-7-11-8-6-9-11/h8H,2-7,9-10H2,1H3. The lowest BCUT2D eigenvalue weighted by atomic mass is 9.94. The maximum absolute atomic E-state index is 5.27. The molecule has 0 N–H and O–H groups in total. The van der Waals surface area contributed by atoms with E-state index in [0.717, 1.165) is 13.2 Å². The van der Waals surface area contributed by atoms with Crippen LogP contribution >= 0.6 is 0 Å². The second-order valence-electron chi connectivity index (χ2n) is 3.41. The number of ether oxygens (including phenoxy) is 1. The van der Waals surface area contributed by atoms with E-state index in [1.165, 1.54) is 38.5 Å². The molecule has 0 aliphatic heterocycles. The minimum atomic E-state index is 0.866. The first-order chi connectivity index (χ1) is 5.93. The van der Waals surface area contributed by atoms with Gasteiger partial charge in [0, 0.05) is 13.2 Å². The first-order valence-corrected chi connectivity index (χ1v) is 5.19. The van der Waals surface area contributed by atoms with Crippen molar-refractivity contribution >= 4 is 0 Å². The maximum atomic E-state index is 5.27. The summed E-state index contributed by atoms with van der Waals surface area (Å²) in [5, 5.41) is 0. The Bertz CT molecular complexity index is 138. The van der Waals surface area contributed by atoms with Gasteiger partial charge in [-0.2, -0.15) is 0 Å². The van der Waals surface area contributed by atoms with Gasteiger partial charge in [-0.3, -0.25) is 0 Å². The van der Waals surface area contributed by atoms with Crippen molar-refractivity contribution in [3.63, 3.8) is 0 Å². The van der Waals surface area contributed by atoms with Crippen LogP contribution in [0.4, 0.5) is 0 Å². The second-order valence-corrected chi connectivity index (χ2v) is 3.41. The van der Waals surface area contributed by atoms with E-state index in [1.54, 1.807) is 5.57 Å². The highest BCUT2D eigenvalue weighted by atomic mass is 16.5. The summed E-state index contributed by atoms with van der Waals surface area (Å²) in [7, 11) is 0. The highest BCUT2D eigenvalue weighted by Crippen LogP contribution is 2.23. The van der Waals surface area contributed by atoms with E-state index < -0.39 is 0 Å². The molecule has 1 rings (SSSR count). The molecule has 1 heteroatoms. The molecule has 0 aromatic carbocycles. The predicted molar refractivity (Wildman–Crippen MR) is 52.3 cm³/mol. The molecule has 1 aliphatic carbocycles. The van der Waals surface area contributed by atoms with Crippen LogP contribution < -0.4 is 0 Å². The molecule has 0 unspecified atom stereocenters. The summed E-state index contributed by atoms with van der Waals surface area (Å²) >= 11 is 0. The van der Waals surface area contributed by atoms with Crippen molar-refractivity contribution < 1.29 is 4.74 Å². The Balaban J connectivity index is 1.76. The zero-order valence-corrected chi connectivity index (χ0v) is 8.14. The van der Waals surface area contributed by atoms with Gasteiger partial charge in [-0.05, 0) is 39.0 Å². The fourth-order valence-electron chi connectivity index (χ4n) is 1.45. The molecule has 0 aromatic rings. The minimum absolute atomic E-state index is 0.866. The smallest absolute Gasteiger partial charge is 0.0465 e. The summed E-state index contributed by atoms with van der Waals surface area (Å²) in [6.07, 6.45) is 10.3. The Morgan fingerprint density at radius 2 is 2.17 bits per heavy atom. The number of hydrogen-bond donors (Lipinski definition) is 0. The lowest BCUT2D eigenvalue weighted by molar-refractivity contribution is 0.143. The van der Waals surface area contributed by atoms with Crippen LogP contribution in [0.2, 0.25) is 0 Å². The van der Waals surface area contributed by atoms with E-state index >= 15 is 0 Å². The first kappa shape index (κ1) is 9.79. The molecule has 0 fully saturated rings. The normalized spacial score (nSPS) is 15.6. The third kappa shape index (κ3) is 3.91. The number of allylic oxidation sites excluding steroid dienone is 2. The van der Waals surface area contributed by atoms with Crippen LogP contribution in [0.3, 0.4) is 0 Å². The van der Waals surface area contributed by atoms with Crippen molar-refractivity contribution in [2.75, 3.05) is 13.2 Å². The molecule has 0 radical (unpaired) electrons. The zero-order chi connectivity index (χ0) is 8.65. The number of rotatable bonds is 7. The fourth-order valence-corrected chi connectivity index (χ4v) is 1.45. The van der Waals surface area contributed by atoms with Crippen molar-refractivity contribution in [3.8, 4) is 0 Å². The third-order valence-electron chi connectivity index (χ3n) is 2.39. The van der Waals surface area contributed by atoms with Gasteiger partial charge in [0.2, 0.25) is 0 Å². The minimum Gasteiger partial charge on any atom is -0.382 e. The van der Waals surface area contributed by atoms with Gasteiger partial charge in [-0.15, -0.1) is 0 Å². The van der Waals surface area contributed by atoms with Crippen molar-refractivity contribution in [3.05, 3.63) is 11.6 Å². The first-order valence-electron chi connectivity index (χ1n) is 5.19. The van der Waals surface area contributed by atoms with Crippen LogP contribution in [0, 0.1) is 0 Å². The monoisotopic (exact) mass is 168 g/mol. The average Bonchev–Trinajstić information content (AvgIpc) is 2.00. The van der Waals surface area contributed by atoms with Gasteiger partial charge in [0.15, 0.2) is 0 Å². The van der Waals surface area contributed by atoms with Crippen LogP contribution in [0.15, 0.2) is 11.6 Å².